The lowest BCUT2D eigenvalue weighted by atomic mass is 10.2. The molecule has 0 radical (unpaired) electrons. The van der Waals surface area contributed by atoms with E-state index in [-0.39, 0.29) is 11.9 Å². The van der Waals surface area contributed by atoms with E-state index in [1.54, 1.807) is 18.0 Å². The van der Waals surface area contributed by atoms with Gasteiger partial charge in [0.1, 0.15) is 0 Å². The molecule has 96 valence electrons. The van der Waals surface area contributed by atoms with Crippen molar-refractivity contribution < 1.29 is 9.52 Å². The molecule has 0 spiro atoms. The Hall–Kier alpha value is -0.970. The molecule has 2 rings (SSSR count). The molecule has 1 unspecified atom stereocenters. The number of aliphatic hydroxyl groups excluding tert-OH is 1. The van der Waals surface area contributed by atoms with Crippen LogP contribution < -0.4 is 0 Å². The third-order valence-corrected chi connectivity index (χ3v) is 3.81. The predicted molar refractivity (Wildman–Crippen MR) is 74.8 cm³/mol. The summed E-state index contributed by atoms with van der Waals surface area (Å²) < 4.78 is 5.65. The van der Waals surface area contributed by atoms with E-state index in [9.17, 15) is 0 Å². The van der Waals surface area contributed by atoms with Crippen LogP contribution in [-0.2, 0) is 5.75 Å². The average Bonchev–Trinajstić information content (AvgIpc) is 2.85. The molecule has 1 N–H and O–H groups in total. The van der Waals surface area contributed by atoms with Gasteiger partial charge in [0.2, 0.25) is 5.89 Å². The molecular formula is C13H14ClNO2S. The Morgan fingerprint density at radius 2 is 2.11 bits per heavy atom. The Morgan fingerprint density at radius 3 is 2.78 bits per heavy atom. The fourth-order valence-electron chi connectivity index (χ4n) is 1.39. The third kappa shape index (κ3) is 3.51. The highest BCUT2D eigenvalue weighted by Crippen LogP contribution is 2.24. The van der Waals surface area contributed by atoms with Crippen molar-refractivity contribution in [1.29, 1.82) is 0 Å². The average molecular weight is 284 g/mol. The molecule has 3 nitrogen and oxygen atoms in total. The lowest BCUT2D eigenvalue weighted by Crippen LogP contribution is -2.02. The molecule has 18 heavy (non-hydrogen) atoms. The number of nitrogens with zero attached hydrogens (tertiary/aromatic N) is 1. The minimum Gasteiger partial charge on any atom is -0.440 e. The maximum Gasteiger partial charge on any atom is 0.204 e. The summed E-state index contributed by atoms with van der Waals surface area (Å²) in [6.07, 6.45) is 1.71. The molecule has 1 atom stereocenters. The van der Waals surface area contributed by atoms with Crippen molar-refractivity contribution in [2.45, 2.75) is 17.9 Å². The predicted octanol–water partition coefficient (Wildman–Crippen LogP) is 3.61. The van der Waals surface area contributed by atoms with Crippen molar-refractivity contribution in [1.82, 2.24) is 4.98 Å². The van der Waals surface area contributed by atoms with Crippen molar-refractivity contribution in [2.24, 2.45) is 0 Å². The Morgan fingerprint density at radius 1 is 1.39 bits per heavy atom. The van der Waals surface area contributed by atoms with E-state index < -0.39 is 0 Å². The van der Waals surface area contributed by atoms with Crippen LogP contribution in [0.2, 0.25) is 5.02 Å². The van der Waals surface area contributed by atoms with Crippen LogP contribution in [0.25, 0.3) is 11.3 Å². The van der Waals surface area contributed by atoms with E-state index in [1.807, 2.05) is 31.2 Å². The van der Waals surface area contributed by atoms with Crippen LogP contribution in [0.3, 0.4) is 0 Å². The summed E-state index contributed by atoms with van der Waals surface area (Å²) in [5, 5.41) is 9.83. The van der Waals surface area contributed by atoms with Gasteiger partial charge in [-0.25, -0.2) is 4.98 Å². The van der Waals surface area contributed by atoms with Gasteiger partial charge >= 0.3 is 0 Å². The van der Waals surface area contributed by atoms with E-state index in [0.29, 0.717) is 16.7 Å². The van der Waals surface area contributed by atoms with E-state index in [4.69, 9.17) is 21.1 Å². The summed E-state index contributed by atoms with van der Waals surface area (Å²) >= 11 is 7.44. The van der Waals surface area contributed by atoms with Crippen molar-refractivity contribution in [3.63, 3.8) is 0 Å². The van der Waals surface area contributed by atoms with Crippen LogP contribution >= 0.6 is 23.4 Å². The van der Waals surface area contributed by atoms with Gasteiger partial charge in [-0.05, 0) is 24.3 Å². The number of hydrogen-bond acceptors (Lipinski definition) is 4. The van der Waals surface area contributed by atoms with Crippen LogP contribution in [0.5, 0.6) is 0 Å². The summed E-state index contributed by atoms with van der Waals surface area (Å²) in [4.78, 5) is 4.22. The van der Waals surface area contributed by atoms with Gasteiger partial charge in [-0.3, -0.25) is 0 Å². The zero-order valence-electron chi connectivity index (χ0n) is 9.97. The lowest BCUT2D eigenvalue weighted by Gasteiger charge is -2.04. The van der Waals surface area contributed by atoms with Gasteiger partial charge in [0.05, 0.1) is 18.6 Å². The Kier molecular flexibility index (Phi) is 4.69. The molecule has 0 amide bonds. The van der Waals surface area contributed by atoms with E-state index in [2.05, 4.69) is 4.98 Å². The molecule has 0 aliphatic carbocycles. The summed E-state index contributed by atoms with van der Waals surface area (Å²) in [6.45, 7) is 2.13. The van der Waals surface area contributed by atoms with E-state index >= 15 is 0 Å². The van der Waals surface area contributed by atoms with Crippen molar-refractivity contribution in [3.05, 3.63) is 41.4 Å². The molecule has 0 saturated carbocycles. The summed E-state index contributed by atoms with van der Waals surface area (Å²) in [6, 6.07) is 7.44. The van der Waals surface area contributed by atoms with Crippen LogP contribution in [0, 0.1) is 0 Å². The summed E-state index contributed by atoms with van der Waals surface area (Å²) in [5.41, 5.74) is 0.957. The second-order valence-electron chi connectivity index (χ2n) is 3.93. The van der Waals surface area contributed by atoms with Gasteiger partial charge in [-0.2, -0.15) is 0 Å². The molecule has 5 heteroatoms. The first-order valence-corrected chi connectivity index (χ1v) is 7.05. The van der Waals surface area contributed by atoms with Gasteiger partial charge in [0.25, 0.3) is 0 Å². The molecular weight excluding hydrogens is 270 g/mol. The van der Waals surface area contributed by atoms with Gasteiger partial charge in [0, 0.05) is 15.8 Å². The van der Waals surface area contributed by atoms with Gasteiger partial charge in [0.15, 0.2) is 5.76 Å². The molecule has 1 aromatic heterocycles. The molecule has 0 saturated heterocycles. The fraction of sp³-hybridized carbons (Fsp3) is 0.308. The van der Waals surface area contributed by atoms with Crippen LogP contribution in [0.4, 0.5) is 0 Å². The standard InChI is InChI=1S/C13H14ClNO2S/c1-9(7-16)18-8-13-15-6-12(17-13)10-2-4-11(14)5-3-10/h2-6,9,16H,7-8H2,1H3. The first-order chi connectivity index (χ1) is 8.69. The zero-order valence-corrected chi connectivity index (χ0v) is 11.5. The second-order valence-corrected chi connectivity index (χ2v) is 5.79. The first-order valence-electron chi connectivity index (χ1n) is 5.62. The van der Waals surface area contributed by atoms with Crippen LogP contribution in [0.15, 0.2) is 34.9 Å². The normalized spacial score (nSPS) is 12.6. The number of hydrogen-bond donors (Lipinski definition) is 1. The molecule has 1 aromatic carbocycles. The molecule has 1 heterocycles. The van der Waals surface area contributed by atoms with Crippen molar-refractivity contribution in [3.8, 4) is 11.3 Å². The maximum absolute atomic E-state index is 8.94. The highest BCUT2D eigenvalue weighted by Gasteiger charge is 2.08. The maximum atomic E-state index is 8.94. The number of oxazole rings is 1. The Balaban J connectivity index is 2.03. The number of benzene rings is 1. The number of rotatable bonds is 5. The monoisotopic (exact) mass is 283 g/mol. The molecule has 0 aliphatic rings. The number of halogens is 1. The number of thioether (sulfide) groups is 1. The van der Waals surface area contributed by atoms with E-state index in [1.165, 1.54) is 0 Å². The molecule has 2 aromatic rings. The highest BCUT2D eigenvalue weighted by atomic mass is 35.5. The minimum absolute atomic E-state index is 0.162. The van der Waals surface area contributed by atoms with Crippen LogP contribution in [-0.4, -0.2) is 21.9 Å². The Bertz CT molecular complexity index is 498. The molecule has 0 bridgehead atoms. The Labute approximate surface area is 115 Å². The summed E-state index contributed by atoms with van der Waals surface area (Å²) in [7, 11) is 0. The SMILES string of the molecule is CC(CO)SCc1ncc(-c2ccc(Cl)cc2)o1. The topological polar surface area (TPSA) is 46.3 Å². The van der Waals surface area contributed by atoms with Gasteiger partial charge in [-0.1, -0.05) is 18.5 Å². The van der Waals surface area contributed by atoms with Crippen molar-refractivity contribution >= 4 is 23.4 Å². The quantitative estimate of drug-likeness (QED) is 0.910. The van der Waals surface area contributed by atoms with E-state index in [0.717, 1.165) is 11.3 Å². The molecule has 0 aliphatic heterocycles. The summed E-state index contributed by atoms with van der Waals surface area (Å²) in [5.74, 6) is 2.07. The third-order valence-electron chi connectivity index (χ3n) is 2.43. The number of aliphatic hydroxyl groups is 1. The fourth-order valence-corrected chi connectivity index (χ4v) is 2.18. The highest BCUT2D eigenvalue weighted by molar-refractivity contribution is 7.99. The first kappa shape index (κ1) is 13.5. The zero-order chi connectivity index (χ0) is 13.0. The van der Waals surface area contributed by atoms with Crippen LogP contribution in [0.1, 0.15) is 12.8 Å². The second kappa shape index (κ2) is 6.27. The number of aromatic nitrogens is 1. The van der Waals surface area contributed by atoms with Gasteiger partial charge < -0.3 is 9.52 Å². The van der Waals surface area contributed by atoms with Crippen molar-refractivity contribution in [2.75, 3.05) is 6.61 Å². The lowest BCUT2D eigenvalue weighted by molar-refractivity contribution is 0.300. The molecule has 0 fully saturated rings. The largest absolute Gasteiger partial charge is 0.440 e. The van der Waals surface area contributed by atoms with Gasteiger partial charge in [-0.15, -0.1) is 11.8 Å². The minimum atomic E-state index is 0.162. The smallest absolute Gasteiger partial charge is 0.204 e.